The highest BCUT2D eigenvalue weighted by Gasteiger charge is 2.07. The summed E-state index contributed by atoms with van der Waals surface area (Å²) in [6, 6.07) is 17.7. The summed E-state index contributed by atoms with van der Waals surface area (Å²) in [5.41, 5.74) is 2.93. The topological polar surface area (TPSA) is 61.6 Å². The zero-order valence-electron chi connectivity index (χ0n) is 15.1. The number of esters is 1. The molecular weight excluding hydrogens is 362 g/mol. The Morgan fingerprint density at radius 2 is 2.00 bits per heavy atom. The number of oxazole rings is 1. The Kier molecular flexibility index (Phi) is 6.93. The SMILES string of the molecule is COC(=O)CSCc1cccc(OCCc2coc(-c3ccccc3)n2)c1. The lowest BCUT2D eigenvalue weighted by atomic mass is 10.2. The molecule has 0 amide bonds. The second kappa shape index (κ2) is 9.83. The molecule has 0 saturated carbocycles. The highest BCUT2D eigenvalue weighted by molar-refractivity contribution is 7.99. The molecule has 0 atom stereocenters. The molecule has 1 aromatic heterocycles. The van der Waals surface area contributed by atoms with Crippen molar-refractivity contribution in [2.24, 2.45) is 0 Å². The molecule has 0 bridgehead atoms. The van der Waals surface area contributed by atoms with Gasteiger partial charge in [0.05, 0.1) is 25.2 Å². The van der Waals surface area contributed by atoms with Gasteiger partial charge in [0.2, 0.25) is 5.89 Å². The molecule has 0 aliphatic heterocycles. The molecule has 0 unspecified atom stereocenters. The molecule has 5 nitrogen and oxygen atoms in total. The van der Waals surface area contributed by atoms with Gasteiger partial charge in [0.1, 0.15) is 12.0 Å². The summed E-state index contributed by atoms with van der Waals surface area (Å²) in [6.07, 6.45) is 2.34. The third kappa shape index (κ3) is 5.89. The first-order valence-corrected chi connectivity index (χ1v) is 9.76. The zero-order valence-corrected chi connectivity index (χ0v) is 15.9. The normalized spacial score (nSPS) is 10.6. The van der Waals surface area contributed by atoms with Gasteiger partial charge in [-0.25, -0.2) is 4.98 Å². The van der Waals surface area contributed by atoms with E-state index in [4.69, 9.17) is 9.15 Å². The fourth-order valence-electron chi connectivity index (χ4n) is 2.44. The minimum absolute atomic E-state index is 0.213. The molecule has 0 aliphatic carbocycles. The number of hydrogen-bond donors (Lipinski definition) is 0. The number of carbonyl (C=O) groups is 1. The molecule has 27 heavy (non-hydrogen) atoms. The number of nitrogens with zero attached hydrogens (tertiary/aromatic N) is 1. The minimum atomic E-state index is -0.213. The van der Waals surface area contributed by atoms with Crippen LogP contribution in [0.5, 0.6) is 5.75 Å². The van der Waals surface area contributed by atoms with Crippen LogP contribution in [0.1, 0.15) is 11.3 Å². The molecule has 140 valence electrons. The maximum absolute atomic E-state index is 11.2. The van der Waals surface area contributed by atoms with E-state index in [0.29, 0.717) is 24.7 Å². The van der Waals surface area contributed by atoms with Crippen LogP contribution >= 0.6 is 11.8 Å². The lowest BCUT2D eigenvalue weighted by Crippen LogP contribution is -2.03. The van der Waals surface area contributed by atoms with Crippen molar-refractivity contribution >= 4 is 17.7 Å². The third-order valence-electron chi connectivity index (χ3n) is 3.81. The van der Waals surface area contributed by atoms with E-state index in [2.05, 4.69) is 9.72 Å². The lowest BCUT2D eigenvalue weighted by Gasteiger charge is -2.07. The number of benzene rings is 2. The molecule has 0 saturated heterocycles. The minimum Gasteiger partial charge on any atom is -0.493 e. The summed E-state index contributed by atoms with van der Waals surface area (Å²) in [4.78, 5) is 15.7. The van der Waals surface area contributed by atoms with Crippen LogP contribution in [0.4, 0.5) is 0 Å². The van der Waals surface area contributed by atoms with Gasteiger partial charge in [-0.15, -0.1) is 11.8 Å². The van der Waals surface area contributed by atoms with Crippen molar-refractivity contribution in [3.05, 3.63) is 72.1 Å². The number of aromatic nitrogens is 1. The summed E-state index contributed by atoms with van der Waals surface area (Å²) in [6.45, 7) is 0.513. The predicted octanol–water partition coefficient (Wildman–Crippen LogP) is 4.37. The Balaban J connectivity index is 1.47. The first kappa shape index (κ1) is 19.0. The fraction of sp³-hybridized carbons (Fsp3) is 0.238. The van der Waals surface area contributed by atoms with Gasteiger partial charge >= 0.3 is 5.97 Å². The van der Waals surface area contributed by atoms with Crippen LogP contribution in [0.25, 0.3) is 11.5 Å². The highest BCUT2D eigenvalue weighted by Crippen LogP contribution is 2.20. The van der Waals surface area contributed by atoms with E-state index < -0.39 is 0 Å². The smallest absolute Gasteiger partial charge is 0.315 e. The van der Waals surface area contributed by atoms with E-state index in [1.807, 2.05) is 54.6 Å². The maximum Gasteiger partial charge on any atom is 0.315 e. The van der Waals surface area contributed by atoms with E-state index in [9.17, 15) is 4.79 Å². The number of thioether (sulfide) groups is 1. The van der Waals surface area contributed by atoms with Gasteiger partial charge in [-0.2, -0.15) is 0 Å². The maximum atomic E-state index is 11.2. The van der Waals surface area contributed by atoms with Crippen molar-refractivity contribution in [1.29, 1.82) is 0 Å². The van der Waals surface area contributed by atoms with Crippen LogP contribution in [-0.4, -0.2) is 30.4 Å². The van der Waals surface area contributed by atoms with Crippen molar-refractivity contribution in [3.63, 3.8) is 0 Å². The van der Waals surface area contributed by atoms with Crippen LogP contribution in [0.3, 0.4) is 0 Å². The summed E-state index contributed by atoms with van der Waals surface area (Å²) in [7, 11) is 1.40. The quantitative estimate of drug-likeness (QED) is 0.511. The van der Waals surface area contributed by atoms with Crippen LogP contribution in [-0.2, 0) is 21.7 Å². The van der Waals surface area contributed by atoms with Crippen LogP contribution in [0, 0.1) is 0 Å². The highest BCUT2D eigenvalue weighted by atomic mass is 32.2. The summed E-state index contributed by atoms with van der Waals surface area (Å²) in [5.74, 6) is 2.29. The number of ether oxygens (including phenoxy) is 2. The second-order valence-electron chi connectivity index (χ2n) is 5.82. The van der Waals surface area contributed by atoms with Gasteiger partial charge in [-0.3, -0.25) is 4.79 Å². The molecule has 1 heterocycles. The van der Waals surface area contributed by atoms with E-state index in [0.717, 1.165) is 28.3 Å². The Labute approximate surface area is 162 Å². The van der Waals surface area contributed by atoms with Crippen molar-refractivity contribution in [3.8, 4) is 17.2 Å². The Bertz CT molecular complexity index is 863. The van der Waals surface area contributed by atoms with Gasteiger partial charge in [-0.05, 0) is 29.8 Å². The van der Waals surface area contributed by atoms with E-state index >= 15 is 0 Å². The number of hydrogen-bond acceptors (Lipinski definition) is 6. The Morgan fingerprint density at radius 1 is 1.15 bits per heavy atom. The fourth-order valence-corrected chi connectivity index (χ4v) is 3.25. The van der Waals surface area contributed by atoms with Crippen LogP contribution in [0.2, 0.25) is 0 Å². The molecule has 0 N–H and O–H groups in total. The summed E-state index contributed by atoms with van der Waals surface area (Å²) < 4.78 is 16.0. The average molecular weight is 383 g/mol. The van der Waals surface area contributed by atoms with E-state index in [-0.39, 0.29) is 5.97 Å². The van der Waals surface area contributed by atoms with Crippen LogP contribution in [0.15, 0.2) is 65.3 Å². The first-order valence-electron chi connectivity index (χ1n) is 8.61. The Morgan fingerprint density at radius 3 is 2.81 bits per heavy atom. The second-order valence-corrected chi connectivity index (χ2v) is 6.81. The average Bonchev–Trinajstić information content (AvgIpc) is 3.18. The number of rotatable bonds is 9. The van der Waals surface area contributed by atoms with Crippen molar-refractivity contribution < 1.29 is 18.7 Å². The molecule has 0 radical (unpaired) electrons. The predicted molar refractivity (Wildman–Crippen MR) is 106 cm³/mol. The standard InChI is InChI=1S/C21H21NO4S/c1-24-20(23)15-27-14-16-6-5-9-19(12-16)25-11-10-18-13-26-21(22-18)17-7-3-2-4-8-17/h2-9,12-13H,10-11,14-15H2,1H3. The number of methoxy groups -OCH3 is 1. The van der Waals surface area contributed by atoms with Crippen molar-refractivity contribution in [2.75, 3.05) is 19.5 Å². The van der Waals surface area contributed by atoms with Gasteiger partial charge in [-0.1, -0.05) is 30.3 Å². The Hall–Kier alpha value is -2.73. The summed E-state index contributed by atoms with van der Waals surface area (Å²) in [5, 5.41) is 0. The van der Waals surface area contributed by atoms with E-state index in [1.165, 1.54) is 18.9 Å². The largest absolute Gasteiger partial charge is 0.493 e. The molecule has 3 aromatic rings. The van der Waals surface area contributed by atoms with Gasteiger partial charge in [0.25, 0.3) is 0 Å². The molecule has 0 aliphatic rings. The zero-order chi connectivity index (χ0) is 18.9. The molecular formula is C21H21NO4S. The van der Waals surface area contributed by atoms with Gasteiger partial charge < -0.3 is 13.9 Å². The molecule has 3 rings (SSSR count). The van der Waals surface area contributed by atoms with Crippen LogP contribution < -0.4 is 4.74 Å². The molecule has 0 spiro atoms. The molecule has 2 aromatic carbocycles. The number of carbonyl (C=O) groups excluding carboxylic acids is 1. The molecule has 6 heteroatoms. The third-order valence-corrected chi connectivity index (χ3v) is 4.79. The summed E-state index contributed by atoms with van der Waals surface area (Å²) >= 11 is 1.52. The van der Waals surface area contributed by atoms with Gasteiger partial charge in [0.15, 0.2) is 0 Å². The van der Waals surface area contributed by atoms with Gasteiger partial charge in [0, 0.05) is 17.7 Å². The van der Waals surface area contributed by atoms with E-state index in [1.54, 1.807) is 6.26 Å². The van der Waals surface area contributed by atoms with Crippen molar-refractivity contribution in [2.45, 2.75) is 12.2 Å². The molecule has 0 fully saturated rings. The van der Waals surface area contributed by atoms with Crippen molar-refractivity contribution in [1.82, 2.24) is 4.98 Å². The first-order chi connectivity index (χ1) is 13.2. The lowest BCUT2D eigenvalue weighted by molar-refractivity contribution is -0.137. The monoisotopic (exact) mass is 383 g/mol.